The van der Waals surface area contributed by atoms with E-state index in [9.17, 15) is 0 Å². The molecule has 2 aromatic carbocycles. The number of ether oxygens (including phenoxy) is 5. The van der Waals surface area contributed by atoms with Gasteiger partial charge < -0.3 is 23.7 Å². The first-order valence-corrected chi connectivity index (χ1v) is 9.53. The van der Waals surface area contributed by atoms with Gasteiger partial charge in [-0.3, -0.25) is 0 Å². The first-order chi connectivity index (χ1) is 13.6. The Hall–Kier alpha value is -2.66. The van der Waals surface area contributed by atoms with Crippen LogP contribution in [0.5, 0.6) is 23.0 Å². The summed E-state index contributed by atoms with van der Waals surface area (Å²) in [5, 5.41) is 0. The van der Waals surface area contributed by atoms with Crippen molar-refractivity contribution >= 4 is 6.08 Å². The van der Waals surface area contributed by atoms with Gasteiger partial charge in [0, 0.05) is 0 Å². The largest absolute Gasteiger partial charge is 0.493 e. The Morgan fingerprint density at radius 2 is 1.46 bits per heavy atom. The molecule has 0 aliphatic heterocycles. The summed E-state index contributed by atoms with van der Waals surface area (Å²) in [6, 6.07) is 13.5. The van der Waals surface area contributed by atoms with Crippen molar-refractivity contribution in [3.8, 4) is 23.0 Å². The zero-order valence-corrected chi connectivity index (χ0v) is 17.1. The molecule has 152 valence electrons. The van der Waals surface area contributed by atoms with Crippen molar-refractivity contribution in [3.05, 3.63) is 54.1 Å². The zero-order valence-electron chi connectivity index (χ0n) is 17.1. The summed E-state index contributed by atoms with van der Waals surface area (Å²) >= 11 is 0. The quantitative estimate of drug-likeness (QED) is 0.481. The van der Waals surface area contributed by atoms with E-state index in [0.29, 0.717) is 37.9 Å². The number of methoxy groups -OCH3 is 1. The van der Waals surface area contributed by atoms with Gasteiger partial charge in [0.15, 0.2) is 23.0 Å². The molecule has 0 fully saturated rings. The second-order valence-electron chi connectivity index (χ2n) is 6.33. The lowest BCUT2D eigenvalue weighted by Crippen LogP contribution is -2.13. The summed E-state index contributed by atoms with van der Waals surface area (Å²) < 4.78 is 28.2. The molecule has 0 saturated carbocycles. The van der Waals surface area contributed by atoms with E-state index in [1.54, 1.807) is 7.11 Å². The van der Waals surface area contributed by atoms with Gasteiger partial charge in [0.25, 0.3) is 0 Å². The topological polar surface area (TPSA) is 46.2 Å². The highest BCUT2D eigenvalue weighted by Crippen LogP contribution is 2.29. The fourth-order valence-corrected chi connectivity index (χ4v) is 2.54. The van der Waals surface area contributed by atoms with E-state index in [0.717, 1.165) is 17.1 Å². The molecule has 0 atom stereocenters. The molecular weight excluding hydrogens is 356 g/mol. The van der Waals surface area contributed by atoms with E-state index in [2.05, 4.69) is 0 Å². The van der Waals surface area contributed by atoms with Crippen molar-refractivity contribution in [2.24, 2.45) is 0 Å². The SMILES string of the molecule is C/C=C/c1ccc(OCCOCCOc2ccccc2OC(C)C)c(OC)c1. The third kappa shape index (κ3) is 7.16. The van der Waals surface area contributed by atoms with Crippen LogP contribution < -0.4 is 18.9 Å². The number of benzene rings is 2. The van der Waals surface area contributed by atoms with Crippen LogP contribution >= 0.6 is 0 Å². The highest BCUT2D eigenvalue weighted by atomic mass is 16.6. The Labute approximate surface area is 167 Å². The number of allylic oxidation sites excluding steroid dienone is 1. The average Bonchev–Trinajstić information content (AvgIpc) is 2.69. The van der Waals surface area contributed by atoms with Crippen LogP contribution in [0.15, 0.2) is 48.5 Å². The summed E-state index contributed by atoms with van der Waals surface area (Å²) in [5.41, 5.74) is 1.07. The molecule has 0 aromatic heterocycles. The summed E-state index contributed by atoms with van der Waals surface area (Å²) in [6.07, 6.45) is 4.10. The lowest BCUT2D eigenvalue weighted by molar-refractivity contribution is 0.0744. The lowest BCUT2D eigenvalue weighted by Gasteiger charge is -2.15. The molecule has 28 heavy (non-hydrogen) atoms. The maximum absolute atomic E-state index is 5.76. The van der Waals surface area contributed by atoms with E-state index in [1.807, 2.05) is 75.4 Å². The van der Waals surface area contributed by atoms with Crippen LogP contribution in [0.3, 0.4) is 0 Å². The molecule has 0 heterocycles. The van der Waals surface area contributed by atoms with Crippen LogP contribution in [0.25, 0.3) is 6.08 Å². The molecule has 5 heteroatoms. The standard InChI is InChI=1S/C23H30O5/c1-5-8-19-11-12-21(23(17-19)24-4)27-16-14-25-13-15-26-20-9-6-7-10-22(20)28-18(2)3/h5-12,17-18H,13-16H2,1-4H3/b8-5+. The molecule has 5 nitrogen and oxygen atoms in total. The second kappa shape index (κ2) is 11.9. The normalized spacial score (nSPS) is 11.0. The minimum Gasteiger partial charge on any atom is -0.493 e. The summed E-state index contributed by atoms with van der Waals surface area (Å²) in [7, 11) is 1.64. The Morgan fingerprint density at radius 3 is 2.07 bits per heavy atom. The van der Waals surface area contributed by atoms with Gasteiger partial charge in [0.2, 0.25) is 0 Å². The van der Waals surface area contributed by atoms with Gasteiger partial charge in [-0.2, -0.15) is 0 Å². The molecule has 0 aliphatic rings. The van der Waals surface area contributed by atoms with E-state index in [-0.39, 0.29) is 6.10 Å². The predicted molar refractivity (Wildman–Crippen MR) is 112 cm³/mol. The summed E-state index contributed by atoms with van der Waals surface area (Å²) in [4.78, 5) is 0. The lowest BCUT2D eigenvalue weighted by atomic mass is 10.2. The maximum Gasteiger partial charge on any atom is 0.161 e. The van der Waals surface area contributed by atoms with Gasteiger partial charge in [-0.05, 0) is 50.6 Å². The Morgan fingerprint density at radius 1 is 0.821 bits per heavy atom. The third-order valence-electron chi connectivity index (χ3n) is 3.73. The number of rotatable bonds is 12. The van der Waals surface area contributed by atoms with Crippen molar-refractivity contribution in [2.75, 3.05) is 33.5 Å². The number of para-hydroxylation sites is 2. The molecule has 0 N–H and O–H groups in total. The number of hydrogen-bond donors (Lipinski definition) is 0. The Kier molecular flexibility index (Phi) is 9.22. The van der Waals surface area contributed by atoms with Gasteiger partial charge in [0.1, 0.15) is 13.2 Å². The predicted octanol–water partition coefficient (Wildman–Crippen LogP) is 4.99. The molecule has 0 aliphatic carbocycles. The molecule has 0 saturated heterocycles. The molecular formula is C23H30O5. The van der Waals surface area contributed by atoms with Crippen LogP contribution in [-0.4, -0.2) is 39.6 Å². The molecule has 0 spiro atoms. The maximum atomic E-state index is 5.76. The van der Waals surface area contributed by atoms with E-state index < -0.39 is 0 Å². The highest BCUT2D eigenvalue weighted by molar-refractivity contribution is 5.55. The second-order valence-corrected chi connectivity index (χ2v) is 6.33. The first kappa shape index (κ1) is 21.6. The van der Waals surface area contributed by atoms with E-state index in [4.69, 9.17) is 23.7 Å². The minimum absolute atomic E-state index is 0.0993. The van der Waals surface area contributed by atoms with Crippen molar-refractivity contribution in [1.82, 2.24) is 0 Å². The summed E-state index contributed by atoms with van der Waals surface area (Å²) in [5.74, 6) is 2.88. The van der Waals surface area contributed by atoms with Gasteiger partial charge >= 0.3 is 0 Å². The van der Waals surface area contributed by atoms with Crippen molar-refractivity contribution in [3.63, 3.8) is 0 Å². The van der Waals surface area contributed by atoms with Crippen molar-refractivity contribution in [1.29, 1.82) is 0 Å². The summed E-state index contributed by atoms with van der Waals surface area (Å²) in [6.45, 7) is 7.77. The van der Waals surface area contributed by atoms with Gasteiger partial charge in [-0.15, -0.1) is 0 Å². The molecule has 2 aromatic rings. The van der Waals surface area contributed by atoms with Crippen LogP contribution in [0.2, 0.25) is 0 Å². The minimum atomic E-state index is 0.0993. The zero-order chi connectivity index (χ0) is 20.2. The van der Waals surface area contributed by atoms with Crippen LogP contribution in [-0.2, 0) is 4.74 Å². The highest BCUT2D eigenvalue weighted by Gasteiger charge is 2.07. The molecule has 0 bridgehead atoms. The smallest absolute Gasteiger partial charge is 0.161 e. The molecule has 0 amide bonds. The first-order valence-electron chi connectivity index (χ1n) is 9.53. The number of hydrogen-bond acceptors (Lipinski definition) is 5. The van der Waals surface area contributed by atoms with E-state index in [1.165, 1.54) is 0 Å². The molecule has 2 rings (SSSR count). The Bertz CT molecular complexity index is 740. The fourth-order valence-electron chi connectivity index (χ4n) is 2.54. The average molecular weight is 386 g/mol. The van der Waals surface area contributed by atoms with Crippen LogP contribution in [0.1, 0.15) is 26.3 Å². The monoisotopic (exact) mass is 386 g/mol. The fraction of sp³-hybridized carbons (Fsp3) is 0.391. The van der Waals surface area contributed by atoms with E-state index >= 15 is 0 Å². The van der Waals surface area contributed by atoms with Crippen LogP contribution in [0.4, 0.5) is 0 Å². The van der Waals surface area contributed by atoms with Gasteiger partial charge in [-0.1, -0.05) is 30.4 Å². The molecule has 0 unspecified atom stereocenters. The van der Waals surface area contributed by atoms with Crippen molar-refractivity contribution < 1.29 is 23.7 Å². The third-order valence-corrected chi connectivity index (χ3v) is 3.73. The van der Waals surface area contributed by atoms with Crippen LogP contribution in [0, 0.1) is 0 Å². The van der Waals surface area contributed by atoms with Crippen molar-refractivity contribution in [2.45, 2.75) is 26.9 Å². The Balaban J connectivity index is 1.69. The molecule has 0 radical (unpaired) electrons. The van der Waals surface area contributed by atoms with Gasteiger partial charge in [0.05, 0.1) is 26.4 Å². The van der Waals surface area contributed by atoms with Gasteiger partial charge in [-0.25, -0.2) is 0 Å².